The summed E-state index contributed by atoms with van der Waals surface area (Å²) >= 11 is 0. The molecule has 0 aliphatic heterocycles. The Morgan fingerprint density at radius 1 is 1.24 bits per heavy atom. The van der Waals surface area contributed by atoms with E-state index in [-0.39, 0.29) is 25.2 Å². The maximum Gasteiger partial charge on any atom is 0.231 e. The number of hydrogen-bond donors (Lipinski definition) is 3. The summed E-state index contributed by atoms with van der Waals surface area (Å²) in [5.74, 6) is -0.439. The van der Waals surface area contributed by atoms with Gasteiger partial charge in [0, 0.05) is 6.04 Å². The normalized spacial score (nSPS) is 13.7. The van der Waals surface area contributed by atoms with Crippen LogP contribution in [0.1, 0.15) is 18.5 Å². The molecule has 1 aromatic rings. The molecule has 0 aliphatic rings. The lowest BCUT2D eigenvalue weighted by Crippen LogP contribution is -2.47. The van der Waals surface area contributed by atoms with Crippen molar-refractivity contribution in [2.24, 2.45) is 17.2 Å². The van der Waals surface area contributed by atoms with Crippen LogP contribution in [0.5, 0.6) is 5.75 Å². The van der Waals surface area contributed by atoms with Gasteiger partial charge in [0.25, 0.3) is 0 Å². The van der Waals surface area contributed by atoms with Crippen molar-refractivity contribution in [3.05, 3.63) is 29.8 Å². The van der Waals surface area contributed by atoms with E-state index in [4.69, 9.17) is 21.9 Å². The summed E-state index contributed by atoms with van der Waals surface area (Å²) in [6.45, 7) is 1.58. The van der Waals surface area contributed by atoms with E-state index in [2.05, 4.69) is 0 Å². The van der Waals surface area contributed by atoms with Gasteiger partial charge in [-0.05, 0) is 24.6 Å². The molecule has 1 rings (SSSR count). The molecule has 0 aliphatic carbocycles. The van der Waals surface area contributed by atoms with Crippen LogP contribution < -0.4 is 21.9 Å². The van der Waals surface area contributed by atoms with E-state index >= 15 is 0 Å². The predicted molar refractivity (Wildman–Crippen MR) is 79.3 cm³/mol. The van der Waals surface area contributed by atoms with E-state index < -0.39 is 11.8 Å². The van der Waals surface area contributed by atoms with E-state index in [0.717, 1.165) is 5.56 Å². The zero-order chi connectivity index (χ0) is 16.0. The third-order valence-corrected chi connectivity index (χ3v) is 3.04. The summed E-state index contributed by atoms with van der Waals surface area (Å²) < 4.78 is 5.18. The Hall–Kier alpha value is -2.12. The van der Waals surface area contributed by atoms with Gasteiger partial charge in [-0.15, -0.1) is 0 Å². The first-order valence-corrected chi connectivity index (χ1v) is 6.55. The van der Waals surface area contributed by atoms with E-state index in [1.54, 1.807) is 25.0 Å². The molecule has 6 N–H and O–H groups in total. The second kappa shape index (κ2) is 7.61. The monoisotopic (exact) mass is 294 g/mol. The second-order valence-electron chi connectivity index (χ2n) is 4.92. The zero-order valence-electron chi connectivity index (χ0n) is 12.3. The Morgan fingerprint density at radius 2 is 1.81 bits per heavy atom. The molecule has 0 heterocycles. The van der Waals surface area contributed by atoms with Crippen LogP contribution in [-0.2, 0) is 9.59 Å². The average Bonchev–Trinajstić information content (AvgIpc) is 2.37. The van der Waals surface area contributed by atoms with Gasteiger partial charge in [0.2, 0.25) is 11.8 Å². The third kappa shape index (κ3) is 5.05. The molecule has 2 atom stereocenters. The number of nitrogens with two attached hydrogens (primary N) is 3. The smallest absolute Gasteiger partial charge is 0.231 e. The van der Waals surface area contributed by atoms with Gasteiger partial charge in [0.15, 0.2) is 0 Å². The second-order valence-corrected chi connectivity index (χ2v) is 4.92. The highest BCUT2D eigenvalue weighted by Crippen LogP contribution is 2.26. The Labute approximate surface area is 124 Å². The molecule has 2 unspecified atom stereocenters. The molecule has 21 heavy (non-hydrogen) atoms. The maximum absolute atomic E-state index is 11.2. The van der Waals surface area contributed by atoms with Crippen LogP contribution in [0.25, 0.3) is 0 Å². The van der Waals surface area contributed by atoms with Crippen LogP contribution in [0.3, 0.4) is 0 Å². The van der Waals surface area contributed by atoms with Gasteiger partial charge >= 0.3 is 0 Å². The van der Waals surface area contributed by atoms with Gasteiger partial charge in [0.1, 0.15) is 5.75 Å². The topological polar surface area (TPSA) is 125 Å². The molecule has 116 valence electrons. The first kappa shape index (κ1) is 16.9. The van der Waals surface area contributed by atoms with Gasteiger partial charge in [-0.1, -0.05) is 12.1 Å². The summed E-state index contributed by atoms with van der Waals surface area (Å²) in [6, 6.07) is 6.56. The van der Waals surface area contributed by atoms with Gasteiger partial charge in [-0.25, -0.2) is 0 Å². The molecule has 7 heteroatoms. The minimum Gasteiger partial charge on any atom is -0.497 e. The number of hydrogen-bond acceptors (Lipinski definition) is 5. The van der Waals surface area contributed by atoms with Crippen molar-refractivity contribution >= 4 is 11.8 Å². The molecule has 1 aromatic carbocycles. The fraction of sp³-hybridized carbons (Fsp3) is 0.429. The van der Waals surface area contributed by atoms with Crippen molar-refractivity contribution < 1.29 is 14.3 Å². The summed E-state index contributed by atoms with van der Waals surface area (Å²) in [6.07, 6.45) is 0. The molecule has 0 aromatic heterocycles. The van der Waals surface area contributed by atoms with Crippen molar-refractivity contribution in [2.45, 2.75) is 19.0 Å². The molecular formula is C14H22N4O3. The minimum atomic E-state index is -0.551. The summed E-state index contributed by atoms with van der Waals surface area (Å²) in [5.41, 5.74) is 17.3. The molecule has 0 fully saturated rings. The minimum absolute atomic E-state index is 0.105. The Morgan fingerprint density at radius 3 is 2.24 bits per heavy atom. The molecule has 0 spiro atoms. The number of carbonyl (C=O) groups excluding carboxylic acids is 2. The van der Waals surface area contributed by atoms with Crippen LogP contribution in [-0.4, -0.2) is 43.0 Å². The molecule has 0 saturated carbocycles. The van der Waals surface area contributed by atoms with E-state index in [9.17, 15) is 9.59 Å². The lowest BCUT2D eigenvalue weighted by Gasteiger charge is -2.33. The SMILES string of the molecule is COc1cccc(C(C(C)N)N(CC(N)=O)CC(N)=O)c1. The van der Waals surface area contributed by atoms with Crippen LogP contribution in [0.4, 0.5) is 0 Å². The number of benzene rings is 1. The van der Waals surface area contributed by atoms with Gasteiger partial charge in [0.05, 0.1) is 26.2 Å². The maximum atomic E-state index is 11.2. The summed E-state index contributed by atoms with van der Waals surface area (Å²) in [5, 5.41) is 0. The van der Waals surface area contributed by atoms with Crippen LogP contribution in [0, 0.1) is 0 Å². The number of methoxy groups -OCH3 is 1. The number of ether oxygens (including phenoxy) is 1. The van der Waals surface area contributed by atoms with Crippen LogP contribution >= 0.6 is 0 Å². The van der Waals surface area contributed by atoms with Gasteiger partial charge < -0.3 is 21.9 Å². The predicted octanol–water partition coefficient (Wildman–Crippen LogP) is -0.644. The van der Waals surface area contributed by atoms with E-state index in [0.29, 0.717) is 5.75 Å². The highest BCUT2D eigenvalue weighted by molar-refractivity contribution is 5.79. The van der Waals surface area contributed by atoms with Gasteiger partial charge in [-0.2, -0.15) is 0 Å². The standard InChI is InChI=1S/C14H22N4O3/c1-9(15)14(10-4-3-5-11(6-10)21-2)18(7-12(16)19)8-13(17)20/h3-6,9,14H,7-8,15H2,1-2H3,(H2,16,19)(H2,17,20). The molecule has 0 bridgehead atoms. The number of primary amides is 2. The molecule has 2 amide bonds. The van der Waals surface area contributed by atoms with Crippen LogP contribution in [0.15, 0.2) is 24.3 Å². The average molecular weight is 294 g/mol. The first-order chi connectivity index (χ1) is 9.85. The summed E-state index contributed by atoms with van der Waals surface area (Å²) in [4.78, 5) is 24.0. The number of carbonyl (C=O) groups is 2. The Kier molecular flexibility index (Phi) is 6.13. The van der Waals surface area contributed by atoms with Crippen molar-refractivity contribution in [1.82, 2.24) is 4.90 Å². The van der Waals surface area contributed by atoms with E-state index in [1.807, 2.05) is 18.2 Å². The molecule has 0 saturated heterocycles. The first-order valence-electron chi connectivity index (χ1n) is 6.55. The van der Waals surface area contributed by atoms with Crippen molar-refractivity contribution in [3.8, 4) is 5.75 Å². The van der Waals surface area contributed by atoms with Gasteiger partial charge in [-0.3, -0.25) is 14.5 Å². The highest BCUT2D eigenvalue weighted by atomic mass is 16.5. The lowest BCUT2D eigenvalue weighted by atomic mass is 9.98. The van der Waals surface area contributed by atoms with Crippen molar-refractivity contribution in [1.29, 1.82) is 0 Å². The Bertz CT molecular complexity index is 489. The number of rotatable bonds is 8. The molecule has 0 radical (unpaired) electrons. The highest BCUT2D eigenvalue weighted by Gasteiger charge is 2.26. The Balaban J connectivity index is 3.15. The zero-order valence-corrected chi connectivity index (χ0v) is 12.3. The molecule has 7 nitrogen and oxygen atoms in total. The fourth-order valence-electron chi connectivity index (χ4n) is 2.33. The fourth-order valence-corrected chi connectivity index (χ4v) is 2.33. The lowest BCUT2D eigenvalue weighted by molar-refractivity contribution is -0.123. The molecular weight excluding hydrogens is 272 g/mol. The van der Waals surface area contributed by atoms with E-state index in [1.165, 1.54) is 0 Å². The third-order valence-electron chi connectivity index (χ3n) is 3.04. The number of amides is 2. The summed E-state index contributed by atoms with van der Waals surface area (Å²) in [7, 11) is 1.56. The quantitative estimate of drug-likeness (QED) is 0.588. The van der Waals surface area contributed by atoms with Crippen molar-refractivity contribution in [2.75, 3.05) is 20.2 Å². The van der Waals surface area contributed by atoms with Crippen molar-refractivity contribution in [3.63, 3.8) is 0 Å². The van der Waals surface area contributed by atoms with Crippen LogP contribution in [0.2, 0.25) is 0 Å². The largest absolute Gasteiger partial charge is 0.497 e. The number of nitrogens with zero attached hydrogens (tertiary/aromatic N) is 1.